The van der Waals surface area contributed by atoms with Gasteiger partial charge in [-0.05, 0) is 37.4 Å². The van der Waals surface area contributed by atoms with E-state index in [9.17, 15) is 10.1 Å². The molecule has 2 aromatic carbocycles. The smallest absolute Gasteiger partial charge is 0.272 e. The first-order chi connectivity index (χ1) is 10.2. The molecule has 0 aliphatic carbocycles. The van der Waals surface area contributed by atoms with Crippen molar-refractivity contribution in [2.24, 2.45) is 0 Å². The van der Waals surface area contributed by atoms with Gasteiger partial charge in [0.05, 0.1) is 4.92 Å². The number of nitro groups is 1. The molecule has 4 nitrogen and oxygen atoms in total. The van der Waals surface area contributed by atoms with E-state index in [1.54, 1.807) is 19.1 Å². The van der Waals surface area contributed by atoms with E-state index in [1.807, 2.05) is 12.1 Å². The van der Waals surface area contributed by atoms with E-state index in [-0.39, 0.29) is 10.6 Å². The van der Waals surface area contributed by atoms with Crippen molar-refractivity contribution in [1.82, 2.24) is 5.32 Å². The highest BCUT2D eigenvalue weighted by molar-refractivity contribution is 5.44. The third-order valence-corrected chi connectivity index (χ3v) is 3.59. The highest BCUT2D eigenvalue weighted by Gasteiger charge is 2.12. The molecule has 0 heterocycles. The predicted octanol–water partition coefficient (Wildman–Crippen LogP) is 3.63. The Balaban J connectivity index is 1.79. The first-order valence-electron chi connectivity index (χ1n) is 7.16. The van der Waals surface area contributed by atoms with Gasteiger partial charge in [-0.2, -0.15) is 0 Å². The molecule has 0 atom stereocenters. The minimum atomic E-state index is -0.325. The zero-order valence-corrected chi connectivity index (χ0v) is 12.2. The van der Waals surface area contributed by atoms with Crippen LogP contribution >= 0.6 is 0 Å². The van der Waals surface area contributed by atoms with Crippen LogP contribution in [0.1, 0.15) is 23.1 Å². The number of hydrogen-bond donors (Lipinski definition) is 1. The lowest BCUT2D eigenvalue weighted by Gasteiger charge is -2.08. The number of nitrogens with zero attached hydrogens (tertiary/aromatic N) is 1. The molecule has 0 aliphatic heterocycles. The number of aryl methyl sites for hydroxylation is 1. The Morgan fingerprint density at radius 2 is 1.86 bits per heavy atom. The van der Waals surface area contributed by atoms with E-state index < -0.39 is 0 Å². The molecule has 0 bridgehead atoms. The van der Waals surface area contributed by atoms with Crippen LogP contribution in [0.2, 0.25) is 0 Å². The second-order valence-electron chi connectivity index (χ2n) is 5.08. The van der Waals surface area contributed by atoms with Crippen molar-refractivity contribution < 1.29 is 4.92 Å². The monoisotopic (exact) mass is 284 g/mol. The second kappa shape index (κ2) is 7.55. The topological polar surface area (TPSA) is 55.2 Å². The summed E-state index contributed by atoms with van der Waals surface area (Å²) in [6.07, 6.45) is 2.10. The molecule has 0 amide bonds. The van der Waals surface area contributed by atoms with Crippen LogP contribution in [0.5, 0.6) is 0 Å². The van der Waals surface area contributed by atoms with Crippen molar-refractivity contribution in [2.45, 2.75) is 26.3 Å². The summed E-state index contributed by atoms with van der Waals surface area (Å²) in [6.45, 7) is 3.37. The van der Waals surface area contributed by atoms with E-state index in [2.05, 4.69) is 29.6 Å². The summed E-state index contributed by atoms with van der Waals surface area (Å²) in [7, 11) is 0. The van der Waals surface area contributed by atoms with Crippen molar-refractivity contribution in [2.75, 3.05) is 6.54 Å². The molecule has 110 valence electrons. The Morgan fingerprint density at radius 1 is 1.10 bits per heavy atom. The Morgan fingerprint density at radius 3 is 2.57 bits per heavy atom. The van der Waals surface area contributed by atoms with E-state index >= 15 is 0 Å². The summed E-state index contributed by atoms with van der Waals surface area (Å²) in [5.41, 5.74) is 3.27. The van der Waals surface area contributed by atoms with Crippen molar-refractivity contribution >= 4 is 5.69 Å². The number of nitro benzene ring substituents is 1. The first kappa shape index (κ1) is 15.2. The quantitative estimate of drug-likeness (QED) is 0.480. The lowest BCUT2D eigenvalue weighted by molar-refractivity contribution is -0.385. The maximum atomic E-state index is 10.9. The highest BCUT2D eigenvalue weighted by Crippen LogP contribution is 2.20. The molecule has 0 unspecified atom stereocenters. The minimum absolute atomic E-state index is 0.193. The van der Waals surface area contributed by atoms with E-state index in [0.29, 0.717) is 6.54 Å². The molecular weight excluding hydrogens is 264 g/mol. The van der Waals surface area contributed by atoms with Crippen LogP contribution in [0.4, 0.5) is 5.69 Å². The van der Waals surface area contributed by atoms with Gasteiger partial charge in [0.15, 0.2) is 0 Å². The zero-order valence-electron chi connectivity index (χ0n) is 12.2. The van der Waals surface area contributed by atoms with Gasteiger partial charge < -0.3 is 5.32 Å². The minimum Gasteiger partial charge on any atom is -0.313 e. The van der Waals surface area contributed by atoms with Crippen LogP contribution in [0, 0.1) is 17.0 Å². The molecule has 2 aromatic rings. The maximum Gasteiger partial charge on any atom is 0.272 e. The predicted molar refractivity (Wildman–Crippen MR) is 84.3 cm³/mol. The van der Waals surface area contributed by atoms with E-state index in [4.69, 9.17) is 0 Å². The molecule has 0 fully saturated rings. The summed E-state index contributed by atoms with van der Waals surface area (Å²) < 4.78 is 0. The van der Waals surface area contributed by atoms with Crippen LogP contribution in [-0.2, 0) is 13.0 Å². The van der Waals surface area contributed by atoms with Crippen molar-refractivity contribution in [1.29, 1.82) is 0 Å². The summed E-state index contributed by atoms with van der Waals surface area (Å²) in [5.74, 6) is 0. The summed E-state index contributed by atoms with van der Waals surface area (Å²) >= 11 is 0. The number of rotatable bonds is 7. The lowest BCUT2D eigenvalue weighted by atomic mass is 10.1. The van der Waals surface area contributed by atoms with Gasteiger partial charge in [0.1, 0.15) is 0 Å². The molecule has 4 heteroatoms. The molecule has 0 spiro atoms. The van der Waals surface area contributed by atoms with Gasteiger partial charge in [-0.1, -0.05) is 42.5 Å². The molecule has 0 aliphatic rings. The Labute approximate surface area is 125 Å². The molecule has 0 saturated heterocycles. The van der Waals surface area contributed by atoms with E-state index in [1.165, 1.54) is 5.56 Å². The number of benzene rings is 2. The molecule has 21 heavy (non-hydrogen) atoms. The average molecular weight is 284 g/mol. The maximum absolute atomic E-state index is 10.9. The van der Waals surface area contributed by atoms with E-state index in [0.717, 1.165) is 30.5 Å². The number of hydrogen-bond acceptors (Lipinski definition) is 3. The Hall–Kier alpha value is -2.20. The molecule has 1 N–H and O–H groups in total. The van der Waals surface area contributed by atoms with Gasteiger partial charge in [0.2, 0.25) is 0 Å². The van der Waals surface area contributed by atoms with Crippen LogP contribution in [0.25, 0.3) is 0 Å². The van der Waals surface area contributed by atoms with Crippen LogP contribution < -0.4 is 5.32 Å². The van der Waals surface area contributed by atoms with Gasteiger partial charge in [-0.15, -0.1) is 0 Å². The van der Waals surface area contributed by atoms with Crippen LogP contribution in [-0.4, -0.2) is 11.5 Å². The largest absolute Gasteiger partial charge is 0.313 e. The molecular formula is C17H20N2O2. The first-order valence-corrected chi connectivity index (χ1v) is 7.16. The molecule has 0 saturated carbocycles. The lowest BCUT2D eigenvalue weighted by Crippen LogP contribution is -2.16. The fraction of sp³-hybridized carbons (Fsp3) is 0.294. The zero-order chi connectivity index (χ0) is 15.1. The SMILES string of the molecule is Cc1c(CNCCCc2ccccc2)cccc1[N+](=O)[O-]. The molecule has 0 aromatic heterocycles. The highest BCUT2D eigenvalue weighted by atomic mass is 16.6. The fourth-order valence-corrected chi connectivity index (χ4v) is 2.34. The van der Waals surface area contributed by atoms with Gasteiger partial charge in [0.25, 0.3) is 5.69 Å². The molecule has 0 radical (unpaired) electrons. The van der Waals surface area contributed by atoms with Crippen molar-refractivity contribution in [3.05, 3.63) is 75.3 Å². The Bertz CT molecular complexity index is 597. The summed E-state index contributed by atoms with van der Waals surface area (Å²) in [6, 6.07) is 15.6. The van der Waals surface area contributed by atoms with Crippen molar-refractivity contribution in [3.63, 3.8) is 0 Å². The summed E-state index contributed by atoms with van der Waals surface area (Å²) in [5, 5.41) is 14.2. The standard InChI is InChI=1S/C17H20N2O2/c1-14-16(10-5-11-17(14)19(20)21)13-18-12-6-9-15-7-3-2-4-8-15/h2-5,7-8,10-11,18H,6,9,12-13H2,1H3. The van der Waals surface area contributed by atoms with Gasteiger partial charge >= 0.3 is 0 Å². The average Bonchev–Trinajstić information content (AvgIpc) is 2.49. The van der Waals surface area contributed by atoms with Crippen LogP contribution in [0.3, 0.4) is 0 Å². The second-order valence-corrected chi connectivity index (χ2v) is 5.08. The van der Waals surface area contributed by atoms with Gasteiger partial charge in [-0.3, -0.25) is 10.1 Å². The third-order valence-electron chi connectivity index (χ3n) is 3.59. The summed E-state index contributed by atoms with van der Waals surface area (Å²) in [4.78, 5) is 10.6. The normalized spacial score (nSPS) is 10.5. The fourth-order valence-electron chi connectivity index (χ4n) is 2.34. The van der Waals surface area contributed by atoms with Crippen LogP contribution in [0.15, 0.2) is 48.5 Å². The van der Waals surface area contributed by atoms with Gasteiger partial charge in [0, 0.05) is 18.2 Å². The van der Waals surface area contributed by atoms with Crippen molar-refractivity contribution in [3.8, 4) is 0 Å². The Kier molecular flexibility index (Phi) is 5.46. The molecule has 2 rings (SSSR count). The van der Waals surface area contributed by atoms with Gasteiger partial charge in [-0.25, -0.2) is 0 Å². The third kappa shape index (κ3) is 4.39. The number of nitrogens with one attached hydrogen (secondary N) is 1.